The number of phenolic OH excluding ortho intramolecular Hbond substituents is 2. The lowest BCUT2D eigenvalue weighted by molar-refractivity contribution is 0.267. The Balaban J connectivity index is 1.84. The van der Waals surface area contributed by atoms with Crippen molar-refractivity contribution in [1.29, 1.82) is 0 Å². The number of aromatic hydroxyl groups is 2. The van der Waals surface area contributed by atoms with E-state index in [1.54, 1.807) is 56.7 Å². The number of phenols is 2. The van der Waals surface area contributed by atoms with Gasteiger partial charge in [0.2, 0.25) is 0 Å². The number of thioether (sulfide) groups is 1. The van der Waals surface area contributed by atoms with Gasteiger partial charge in [0.25, 0.3) is 5.24 Å². The Labute approximate surface area is 189 Å². The molecule has 162 valence electrons. The molecule has 0 aromatic heterocycles. The molecule has 0 bridgehead atoms. The van der Waals surface area contributed by atoms with Crippen LogP contribution >= 0.6 is 11.8 Å². The molecule has 2 N–H and O–H groups in total. The number of carbonyl (C=O) groups excluding carboxylic acids is 1. The highest BCUT2D eigenvalue weighted by molar-refractivity contribution is 8.19. The normalized spacial score (nSPS) is 16.1. The smallest absolute Gasteiger partial charge is 0.296 e. The zero-order chi connectivity index (χ0) is 22.7. The predicted octanol–water partition coefficient (Wildman–Crippen LogP) is 5.56. The van der Waals surface area contributed by atoms with Crippen molar-refractivity contribution in [2.45, 2.75) is 0 Å². The second-order valence-electron chi connectivity index (χ2n) is 6.80. The van der Waals surface area contributed by atoms with E-state index in [2.05, 4.69) is 4.99 Å². The number of amidine groups is 1. The van der Waals surface area contributed by atoms with Crippen LogP contribution in [0, 0.1) is 0 Å². The minimum atomic E-state index is -0.263. The Hall–Kier alpha value is -3.91. The van der Waals surface area contributed by atoms with E-state index in [0.29, 0.717) is 33.6 Å². The molecule has 0 radical (unpaired) electrons. The molecule has 4 rings (SSSR count). The topological polar surface area (TPSA) is 91.6 Å². The summed E-state index contributed by atoms with van der Waals surface area (Å²) in [5.41, 5.74) is 1.76. The van der Waals surface area contributed by atoms with Gasteiger partial charge in [-0.1, -0.05) is 18.2 Å². The van der Waals surface area contributed by atoms with E-state index in [0.717, 1.165) is 17.3 Å². The van der Waals surface area contributed by atoms with Gasteiger partial charge in [0, 0.05) is 12.1 Å². The molecule has 32 heavy (non-hydrogen) atoms. The fourth-order valence-corrected chi connectivity index (χ4v) is 4.11. The van der Waals surface area contributed by atoms with Gasteiger partial charge < -0.3 is 19.7 Å². The average Bonchev–Trinajstić information content (AvgIpc) is 3.08. The number of methoxy groups -OCH3 is 2. The van der Waals surface area contributed by atoms with Crippen LogP contribution in [0.1, 0.15) is 5.56 Å². The highest BCUT2D eigenvalue weighted by Crippen LogP contribution is 2.39. The summed E-state index contributed by atoms with van der Waals surface area (Å²) in [6.07, 6.45) is 1.83. The summed E-state index contributed by atoms with van der Waals surface area (Å²) < 4.78 is 10.7. The zero-order valence-electron chi connectivity index (χ0n) is 17.4. The van der Waals surface area contributed by atoms with Crippen molar-refractivity contribution in [2.75, 3.05) is 19.1 Å². The first-order valence-corrected chi connectivity index (χ1v) is 10.4. The third kappa shape index (κ3) is 4.40. The van der Waals surface area contributed by atoms with E-state index >= 15 is 0 Å². The van der Waals surface area contributed by atoms with E-state index in [-0.39, 0.29) is 16.7 Å². The van der Waals surface area contributed by atoms with Gasteiger partial charge in [0.1, 0.15) is 11.5 Å². The minimum Gasteiger partial charge on any atom is -0.508 e. The molecule has 0 saturated carbocycles. The summed E-state index contributed by atoms with van der Waals surface area (Å²) in [7, 11) is 3.12. The number of anilines is 1. The molecular weight excluding hydrogens is 428 g/mol. The number of nitrogens with zero attached hydrogens (tertiary/aromatic N) is 2. The molecule has 1 aliphatic rings. The molecule has 3 aromatic rings. The van der Waals surface area contributed by atoms with Crippen LogP contribution in [-0.4, -0.2) is 35.5 Å². The van der Waals surface area contributed by atoms with Crippen molar-refractivity contribution in [3.05, 3.63) is 77.2 Å². The van der Waals surface area contributed by atoms with Gasteiger partial charge in [0.15, 0.2) is 17.3 Å². The summed E-state index contributed by atoms with van der Waals surface area (Å²) in [5, 5.41) is 19.5. The molecule has 1 saturated heterocycles. The van der Waals surface area contributed by atoms with Crippen molar-refractivity contribution in [3.63, 3.8) is 0 Å². The second kappa shape index (κ2) is 9.07. The van der Waals surface area contributed by atoms with Gasteiger partial charge in [-0.2, -0.15) is 0 Å². The largest absolute Gasteiger partial charge is 0.508 e. The Bertz CT molecular complexity index is 1240. The fourth-order valence-electron chi connectivity index (χ4n) is 3.22. The number of benzene rings is 3. The summed E-state index contributed by atoms with van der Waals surface area (Å²) in [5.74, 6) is 1.64. The van der Waals surface area contributed by atoms with Crippen molar-refractivity contribution in [2.24, 2.45) is 4.99 Å². The first kappa shape index (κ1) is 21.3. The van der Waals surface area contributed by atoms with Crippen LogP contribution in [0.2, 0.25) is 0 Å². The van der Waals surface area contributed by atoms with Gasteiger partial charge in [-0.3, -0.25) is 9.69 Å². The Morgan fingerprint density at radius 2 is 1.62 bits per heavy atom. The van der Waals surface area contributed by atoms with Gasteiger partial charge in [0.05, 0.1) is 30.5 Å². The summed E-state index contributed by atoms with van der Waals surface area (Å²) in [6.45, 7) is 0. The lowest BCUT2D eigenvalue weighted by atomic mass is 10.1. The van der Waals surface area contributed by atoms with Crippen LogP contribution in [0.15, 0.2) is 76.6 Å². The Morgan fingerprint density at radius 3 is 2.31 bits per heavy atom. The molecule has 0 atom stereocenters. The Kier molecular flexibility index (Phi) is 6.04. The maximum atomic E-state index is 13.0. The lowest BCUT2D eigenvalue weighted by Crippen LogP contribution is -2.27. The highest BCUT2D eigenvalue weighted by Gasteiger charge is 2.34. The van der Waals surface area contributed by atoms with Gasteiger partial charge in [-0.25, -0.2) is 4.99 Å². The monoisotopic (exact) mass is 448 g/mol. The van der Waals surface area contributed by atoms with Crippen molar-refractivity contribution >= 4 is 40.3 Å². The molecule has 0 spiro atoms. The number of hydrogen-bond acceptors (Lipinski definition) is 7. The lowest BCUT2D eigenvalue weighted by Gasteiger charge is -2.16. The number of rotatable bonds is 5. The number of ether oxygens (including phenoxy) is 2. The average molecular weight is 449 g/mol. The molecule has 0 aliphatic carbocycles. The standard InChI is InChI=1S/C24H20N2O5S/c1-30-20-10-9-15(11-21(20)31-2)12-22-23(25-16-5-3-7-18(27)13-16)26(24(29)32-22)17-6-4-8-19(28)14-17/h3-14,27-28H,1-2H3. The molecular formula is C24H20N2O5S. The van der Waals surface area contributed by atoms with Crippen molar-refractivity contribution in [1.82, 2.24) is 0 Å². The third-order valence-electron chi connectivity index (χ3n) is 4.67. The molecule has 0 unspecified atom stereocenters. The van der Waals surface area contributed by atoms with E-state index in [1.807, 2.05) is 12.1 Å². The number of carbonyl (C=O) groups is 1. The summed E-state index contributed by atoms with van der Waals surface area (Å²) >= 11 is 1.03. The summed E-state index contributed by atoms with van der Waals surface area (Å²) in [4.78, 5) is 19.7. The van der Waals surface area contributed by atoms with Crippen LogP contribution in [0.4, 0.5) is 16.2 Å². The van der Waals surface area contributed by atoms with Crippen LogP contribution < -0.4 is 14.4 Å². The fraction of sp³-hybridized carbons (Fsp3) is 0.0833. The van der Waals surface area contributed by atoms with Gasteiger partial charge in [-0.05, 0) is 59.8 Å². The molecule has 1 fully saturated rings. The van der Waals surface area contributed by atoms with E-state index in [9.17, 15) is 15.0 Å². The van der Waals surface area contributed by atoms with Gasteiger partial charge >= 0.3 is 0 Å². The number of amides is 1. The first-order chi connectivity index (χ1) is 15.5. The maximum absolute atomic E-state index is 13.0. The van der Waals surface area contributed by atoms with Crippen molar-refractivity contribution < 1.29 is 24.5 Å². The highest BCUT2D eigenvalue weighted by atomic mass is 32.2. The van der Waals surface area contributed by atoms with Crippen LogP contribution in [0.5, 0.6) is 23.0 Å². The van der Waals surface area contributed by atoms with Crippen LogP contribution in [-0.2, 0) is 0 Å². The number of hydrogen-bond donors (Lipinski definition) is 2. The quantitative estimate of drug-likeness (QED) is 0.531. The molecule has 1 heterocycles. The van der Waals surface area contributed by atoms with Crippen LogP contribution in [0.25, 0.3) is 6.08 Å². The molecule has 7 nitrogen and oxygen atoms in total. The zero-order valence-corrected chi connectivity index (χ0v) is 18.2. The predicted molar refractivity (Wildman–Crippen MR) is 126 cm³/mol. The van der Waals surface area contributed by atoms with Gasteiger partial charge in [-0.15, -0.1) is 0 Å². The van der Waals surface area contributed by atoms with E-state index in [1.165, 1.54) is 23.1 Å². The summed E-state index contributed by atoms with van der Waals surface area (Å²) in [6, 6.07) is 18.3. The molecule has 8 heteroatoms. The van der Waals surface area contributed by atoms with Crippen LogP contribution in [0.3, 0.4) is 0 Å². The third-order valence-corrected chi connectivity index (χ3v) is 5.55. The first-order valence-electron chi connectivity index (χ1n) is 9.61. The van der Waals surface area contributed by atoms with E-state index in [4.69, 9.17) is 9.47 Å². The maximum Gasteiger partial charge on any atom is 0.296 e. The van der Waals surface area contributed by atoms with Crippen molar-refractivity contribution in [3.8, 4) is 23.0 Å². The second-order valence-corrected chi connectivity index (χ2v) is 7.79. The molecule has 1 aliphatic heterocycles. The molecule has 1 amide bonds. The SMILES string of the molecule is COc1ccc(C=C2SC(=O)N(c3cccc(O)c3)C2=Nc2cccc(O)c2)cc1OC. The minimum absolute atomic E-state index is 0.0364. The molecule has 3 aromatic carbocycles. The Morgan fingerprint density at radius 1 is 0.906 bits per heavy atom. The van der Waals surface area contributed by atoms with E-state index < -0.39 is 0 Å². The number of aliphatic imine (C=N–C) groups is 1.